The molecule has 0 spiro atoms. The molecular weight excluding hydrogens is 340 g/mol. The zero-order chi connectivity index (χ0) is 16.9. The molecule has 1 aromatic heterocycles. The highest BCUT2D eigenvalue weighted by Crippen LogP contribution is 2.28. The fourth-order valence-electron chi connectivity index (χ4n) is 3.08. The molecule has 1 unspecified atom stereocenters. The normalized spacial score (nSPS) is 17.7. The van der Waals surface area contributed by atoms with Crippen molar-refractivity contribution in [1.82, 2.24) is 14.9 Å². The molecule has 6 nitrogen and oxygen atoms in total. The van der Waals surface area contributed by atoms with Crippen LogP contribution in [0.3, 0.4) is 0 Å². The van der Waals surface area contributed by atoms with Gasteiger partial charge < -0.3 is 14.4 Å². The number of rotatable bonds is 5. The molecule has 0 saturated carbocycles. The van der Waals surface area contributed by atoms with Gasteiger partial charge in [-0.15, -0.1) is 12.4 Å². The average Bonchev–Trinajstić information content (AvgIpc) is 2.64. The molecule has 0 N–H and O–H groups in total. The second kappa shape index (κ2) is 8.87. The third-order valence-corrected chi connectivity index (χ3v) is 4.43. The minimum Gasteiger partial charge on any atom is -0.493 e. The van der Waals surface area contributed by atoms with Crippen LogP contribution in [-0.4, -0.2) is 54.8 Å². The van der Waals surface area contributed by atoms with Crippen LogP contribution in [-0.2, 0) is 6.54 Å². The summed E-state index contributed by atoms with van der Waals surface area (Å²) in [6.07, 6.45) is 3.59. The number of ether oxygens (including phenoxy) is 2. The van der Waals surface area contributed by atoms with Gasteiger partial charge in [-0.2, -0.15) is 0 Å². The lowest BCUT2D eigenvalue weighted by atomic mass is 10.1. The number of halogens is 1. The van der Waals surface area contributed by atoms with Crippen molar-refractivity contribution in [3.05, 3.63) is 42.2 Å². The first-order chi connectivity index (χ1) is 11.7. The highest BCUT2D eigenvalue weighted by molar-refractivity contribution is 5.85. The van der Waals surface area contributed by atoms with Crippen LogP contribution in [0.25, 0.3) is 0 Å². The molecule has 1 aliphatic rings. The molecule has 3 rings (SSSR count). The summed E-state index contributed by atoms with van der Waals surface area (Å²) in [4.78, 5) is 13.4. The van der Waals surface area contributed by atoms with Gasteiger partial charge in [0.2, 0.25) is 5.95 Å². The van der Waals surface area contributed by atoms with Crippen molar-refractivity contribution in [2.45, 2.75) is 19.5 Å². The molecular formula is C18H25ClN4O2. The fourth-order valence-corrected chi connectivity index (χ4v) is 3.08. The van der Waals surface area contributed by atoms with Crippen LogP contribution in [0.1, 0.15) is 12.5 Å². The number of aromatic nitrogens is 2. The van der Waals surface area contributed by atoms with Gasteiger partial charge in [0.05, 0.1) is 14.2 Å². The van der Waals surface area contributed by atoms with Crippen LogP contribution in [0.5, 0.6) is 11.5 Å². The van der Waals surface area contributed by atoms with Crippen molar-refractivity contribution in [3.8, 4) is 11.5 Å². The summed E-state index contributed by atoms with van der Waals surface area (Å²) in [5, 5.41) is 0. The van der Waals surface area contributed by atoms with Gasteiger partial charge in [-0.25, -0.2) is 9.97 Å². The van der Waals surface area contributed by atoms with Crippen LogP contribution >= 0.6 is 12.4 Å². The first-order valence-electron chi connectivity index (χ1n) is 8.18. The Hall–Kier alpha value is -2.05. The molecule has 7 heteroatoms. The molecule has 1 atom stereocenters. The summed E-state index contributed by atoms with van der Waals surface area (Å²) in [5.41, 5.74) is 1.23. The zero-order valence-corrected chi connectivity index (χ0v) is 15.7. The lowest BCUT2D eigenvalue weighted by Gasteiger charge is -2.39. The van der Waals surface area contributed by atoms with E-state index in [9.17, 15) is 0 Å². The van der Waals surface area contributed by atoms with Crippen molar-refractivity contribution < 1.29 is 9.47 Å². The van der Waals surface area contributed by atoms with Crippen LogP contribution < -0.4 is 14.4 Å². The summed E-state index contributed by atoms with van der Waals surface area (Å²) in [7, 11) is 3.33. The molecule has 0 bridgehead atoms. The fraction of sp³-hybridized carbons (Fsp3) is 0.444. The van der Waals surface area contributed by atoms with Gasteiger partial charge in [-0.3, -0.25) is 4.90 Å². The number of anilines is 1. The van der Waals surface area contributed by atoms with Crippen LogP contribution in [0.4, 0.5) is 5.95 Å². The number of nitrogens with zero attached hydrogens (tertiary/aromatic N) is 4. The van der Waals surface area contributed by atoms with Gasteiger partial charge in [-0.1, -0.05) is 6.07 Å². The van der Waals surface area contributed by atoms with E-state index in [-0.39, 0.29) is 12.4 Å². The summed E-state index contributed by atoms with van der Waals surface area (Å²) in [6.45, 7) is 5.98. The number of methoxy groups -OCH3 is 2. The van der Waals surface area contributed by atoms with E-state index < -0.39 is 0 Å². The SMILES string of the molecule is COc1ccc(CN2CCN(c3ncccn3)CC2C)cc1OC.Cl. The Bertz CT molecular complexity index is 671. The van der Waals surface area contributed by atoms with Crippen LogP contribution in [0.15, 0.2) is 36.7 Å². The number of benzene rings is 1. The Balaban J connectivity index is 0.00000225. The third-order valence-electron chi connectivity index (χ3n) is 4.43. The maximum Gasteiger partial charge on any atom is 0.225 e. The van der Waals surface area contributed by atoms with E-state index >= 15 is 0 Å². The van der Waals surface area contributed by atoms with Gasteiger partial charge in [0.25, 0.3) is 0 Å². The minimum atomic E-state index is 0. The third kappa shape index (κ3) is 4.52. The van der Waals surface area contributed by atoms with E-state index in [4.69, 9.17) is 9.47 Å². The highest BCUT2D eigenvalue weighted by atomic mass is 35.5. The number of hydrogen-bond donors (Lipinski definition) is 0. The molecule has 136 valence electrons. The highest BCUT2D eigenvalue weighted by Gasteiger charge is 2.25. The molecule has 0 aliphatic carbocycles. The number of hydrogen-bond acceptors (Lipinski definition) is 6. The van der Waals surface area contributed by atoms with E-state index in [0.29, 0.717) is 6.04 Å². The maximum absolute atomic E-state index is 5.40. The summed E-state index contributed by atoms with van der Waals surface area (Å²) in [6, 6.07) is 8.39. The Labute approximate surface area is 155 Å². The molecule has 1 aromatic carbocycles. The maximum atomic E-state index is 5.40. The quantitative estimate of drug-likeness (QED) is 0.813. The van der Waals surface area contributed by atoms with Gasteiger partial charge >= 0.3 is 0 Å². The molecule has 1 aliphatic heterocycles. The molecule has 1 saturated heterocycles. The van der Waals surface area contributed by atoms with Gasteiger partial charge in [0.1, 0.15) is 0 Å². The Morgan fingerprint density at radius 1 is 1.08 bits per heavy atom. The smallest absolute Gasteiger partial charge is 0.225 e. The Morgan fingerprint density at radius 3 is 2.44 bits per heavy atom. The second-order valence-corrected chi connectivity index (χ2v) is 6.00. The lowest BCUT2D eigenvalue weighted by molar-refractivity contribution is 0.180. The van der Waals surface area contributed by atoms with Crippen LogP contribution in [0.2, 0.25) is 0 Å². The van der Waals surface area contributed by atoms with Crippen molar-refractivity contribution in [3.63, 3.8) is 0 Å². The average molecular weight is 365 g/mol. The van der Waals surface area contributed by atoms with E-state index in [1.165, 1.54) is 5.56 Å². The Morgan fingerprint density at radius 2 is 1.80 bits per heavy atom. The standard InChI is InChI=1S/C18H24N4O2.ClH/c1-14-12-22(18-19-7-4-8-20-18)10-9-21(14)13-15-5-6-16(23-2)17(11-15)24-3;/h4-8,11,14H,9-10,12-13H2,1-3H3;1H. The lowest BCUT2D eigenvalue weighted by Crippen LogP contribution is -2.51. The summed E-state index contributed by atoms with van der Waals surface area (Å²) < 4.78 is 10.7. The van der Waals surface area contributed by atoms with E-state index in [0.717, 1.165) is 43.6 Å². The van der Waals surface area contributed by atoms with Crippen molar-refractivity contribution in [2.24, 2.45) is 0 Å². The zero-order valence-electron chi connectivity index (χ0n) is 14.9. The van der Waals surface area contributed by atoms with E-state index in [2.05, 4.69) is 38.8 Å². The predicted molar refractivity (Wildman–Crippen MR) is 101 cm³/mol. The largest absolute Gasteiger partial charge is 0.493 e. The van der Waals surface area contributed by atoms with Gasteiger partial charge in [0, 0.05) is 44.6 Å². The number of piperazine rings is 1. The minimum absolute atomic E-state index is 0. The topological polar surface area (TPSA) is 50.7 Å². The second-order valence-electron chi connectivity index (χ2n) is 6.00. The Kier molecular flexibility index (Phi) is 6.84. The van der Waals surface area contributed by atoms with Crippen molar-refractivity contribution >= 4 is 18.4 Å². The first-order valence-corrected chi connectivity index (χ1v) is 8.18. The molecule has 1 fully saturated rings. The summed E-state index contributed by atoms with van der Waals surface area (Å²) >= 11 is 0. The summed E-state index contributed by atoms with van der Waals surface area (Å²) in [5.74, 6) is 2.36. The monoisotopic (exact) mass is 364 g/mol. The van der Waals surface area contributed by atoms with Crippen molar-refractivity contribution in [2.75, 3.05) is 38.8 Å². The molecule has 0 radical (unpaired) electrons. The van der Waals surface area contributed by atoms with Crippen LogP contribution in [0, 0.1) is 0 Å². The molecule has 2 aromatic rings. The first kappa shape index (κ1) is 19.3. The van der Waals surface area contributed by atoms with Gasteiger partial charge in [-0.05, 0) is 30.7 Å². The van der Waals surface area contributed by atoms with E-state index in [1.807, 2.05) is 12.1 Å². The molecule has 25 heavy (non-hydrogen) atoms. The predicted octanol–water partition coefficient (Wildman–Crippen LogP) is 2.63. The van der Waals surface area contributed by atoms with Crippen molar-refractivity contribution in [1.29, 1.82) is 0 Å². The molecule has 0 amide bonds. The molecule has 2 heterocycles. The van der Waals surface area contributed by atoms with E-state index in [1.54, 1.807) is 26.6 Å². The van der Waals surface area contributed by atoms with Gasteiger partial charge in [0.15, 0.2) is 11.5 Å².